The van der Waals surface area contributed by atoms with Crippen LogP contribution in [-0.4, -0.2) is 4.57 Å². The minimum atomic E-state index is 1.07. The van der Waals surface area contributed by atoms with Gasteiger partial charge in [-0.05, 0) is 36.1 Å². The van der Waals surface area contributed by atoms with Crippen molar-refractivity contribution in [3.8, 4) is 0 Å². The van der Waals surface area contributed by atoms with E-state index in [1.807, 2.05) is 13.1 Å². The van der Waals surface area contributed by atoms with Crippen LogP contribution in [-0.2, 0) is 7.05 Å². The first-order chi connectivity index (χ1) is 5.27. The van der Waals surface area contributed by atoms with Crippen molar-refractivity contribution in [2.45, 2.75) is 0 Å². The van der Waals surface area contributed by atoms with Gasteiger partial charge in [0.2, 0.25) is 0 Å². The van der Waals surface area contributed by atoms with Crippen molar-refractivity contribution in [1.82, 2.24) is 4.57 Å². The van der Waals surface area contributed by atoms with Crippen LogP contribution in [0.5, 0.6) is 0 Å². The van der Waals surface area contributed by atoms with Crippen molar-refractivity contribution in [1.29, 1.82) is 0 Å². The summed E-state index contributed by atoms with van der Waals surface area (Å²) in [7, 11) is 2.05. The van der Waals surface area contributed by atoms with Crippen molar-refractivity contribution in [2.75, 3.05) is 0 Å². The second kappa shape index (κ2) is 2.12. The zero-order chi connectivity index (χ0) is 7.84. The number of nitrogens with zero attached hydrogens (tertiary/aromatic N) is 1. The van der Waals surface area contributed by atoms with Crippen molar-refractivity contribution in [2.24, 2.45) is 7.05 Å². The highest BCUT2D eigenvalue weighted by Gasteiger charge is 1.95. The molecule has 2 aromatic rings. The Kier molecular flexibility index (Phi) is 1.25. The number of aromatic nitrogens is 1. The maximum atomic E-state index is 3.87. The Morgan fingerprint density at radius 2 is 2.09 bits per heavy atom. The summed E-state index contributed by atoms with van der Waals surface area (Å²) in [5, 5.41) is 1.26. The van der Waals surface area contributed by atoms with Crippen LogP contribution in [0.1, 0.15) is 5.56 Å². The van der Waals surface area contributed by atoms with E-state index in [2.05, 4.69) is 35.9 Å². The quantitative estimate of drug-likeness (QED) is 0.535. The van der Waals surface area contributed by atoms with Gasteiger partial charge in [0.15, 0.2) is 0 Å². The summed E-state index contributed by atoms with van der Waals surface area (Å²) < 4.78 is 2.11. The first kappa shape index (κ1) is 6.47. The average molecular weight is 144 g/mol. The minimum Gasteiger partial charge on any atom is -0.351 e. The third kappa shape index (κ3) is 0.929. The third-order valence-electron chi connectivity index (χ3n) is 1.95. The molecule has 1 heteroatoms. The predicted octanol–water partition coefficient (Wildman–Crippen LogP) is 2.36. The molecule has 2 rings (SSSR count). The van der Waals surface area contributed by atoms with Gasteiger partial charge in [-0.1, -0.05) is 6.07 Å². The van der Waals surface area contributed by atoms with Crippen LogP contribution in [0.4, 0.5) is 0 Å². The summed E-state index contributed by atoms with van der Waals surface area (Å²) in [6, 6.07) is 8.32. The lowest BCUT2D eigenvalue weighted by Gasteiger charge is -1.95. The minimum absolute atomic E-state index is 1.07. The summed E-state index contributed by atoms with van der Waals surface area (Å²) in [6.07, 6.45) is 2.06. The molecule has 0 N–H and O–H groups in total. The van der Waals surface area contributed by atoms with E-state index in [1.165, 1.54) is 10.9 Å². The molecule has 0 atom stereocenters. The third-order valence-corrected chi connectivity index (χ3v) is 1.95. The van der Waals surface area contributed by atoms with Gasteiger partial charge in [0, 0.05) is 18.8 Å². The maximum absolute atomic E-state index is 3.87. The standard InChI is InChI=1S/C10H10N/c1-8-3-4-10-9(7-8)5-6-11(10)2/h3-7H,1H2,2H3. The molecule has 1 heterocycles. The van der Waals surface area contributed by atoms with E-state index in [-0.39, 0.29) is 0 Å². The molecule has 0 saturated heterocycles. The van der Waals surface area contributed by atoms with E-state index >= 15 is 0 Å². The Hall–Kier alpha value is -1.24. The number of aryl methyl sites for hydroxylation is 1. The average Bonchev–Trinajstić information content (AvgIpc) is 2.32. The normalized spacial score (nSPS) is 10.7. The van der Waals surface area contributed by atoms with Crippen molar-refractivity contribution in [3.05, 3.63) is 42.9 Å². The fraction of sp³-hybridized carbons (Fsp3) is 0.100. The van der Waals surface area contributed by atoms with Gasteiger partial charge in [-0.25, -0.2) is 0 Å². The number of fused-ring (bicyclic) bond motifs is 1. The summed E-state index contributed by atoms with van der Waals surface area (Å²) in [4.78, 5) is 0. The smallest absolute Gasteiger partial charge is 0.0477 e. The van der Waals surface area contributed by atoms with Gasteiger partial charge in [-0.3, -0.25) is 0 Å². The van der Waals surface area contributed by atoms with Crippen LogP contribution in [0.3, 0.4) is 0 Å². The first-order valence-electron chi connectivity index (χ1n) is 3.64. The molecular weight excluding hydrogens is 134 g/mol. The topological polar surface area (TPSA) is 4.93 Å². The molecule has 0 bridgehead atoms. The van der Waals surface area contributed by atoms with Gasteiger partial charge in [-0.2, -0.15) is 0 Å². The number of hydrogen-bond acceptors (Lipinski definition) is 0. The van der Waals surface area contributed by atoms with E-state index in [0.29, 0.717) is 0 Å². The molecule has 1 radical (unpaired) electrons. The van der Waals surface area contributed by atoms with E-state index in [0.717, 1.165) is 5.56 Å². The van der Waals surface area contributed by atoms with Gasteiger partial charge in [0.1, 0.15) is 0 Å². The molecule has 0 amide bonds. The molecule has 0 fully saturated rings. The van der Waals surface area contributed by atoms with Gasteiger partial charge in [0.05, 0.1) is 0 Å². The first-order valence-corrected chi connectivity index (χ1v) is 3.64. The number of benzene rings is 1. The highest BCUT2D eigenvalue weighted by molar-refractivity contribution is 5.80. The Morgan fingerprint density at radius 3 is 2.91 bits per heavy atom. The fourth-order valence-electron chi connectivity index (χ4n) is 1.33. The second-order valence-electron chi connectivity index (χ2n) is 2.82. The van der Waals surface area contributed by atoms with Crippen LogP contribution >= 0.6 is 0 Å². The Bertz CT molecular complexity index is 385. The van der Waals surface area contributed by atoms with Gasteiger partial charge in [-0.15, -0.1) is 0 Å². The zero-order valence-corrected chi connectivity index (χ0v) is 6.54. The zero-order valence-electron chi connectivity index (χ0n) is 6.54. The Labute approximate surface area is 66.3 Å². The molecule has 0 saturated carbocycles. The van der Waals surface area contributed by atoms with Crippen LogP contribution in [0.2, 0.25) is 0 Å². The van der Waals surface area contributed by atoms with Crippen molar-refractivity contribution >= 4 is 10.9 Å². The lowest BCUT2D eigenvalue weighted by Crippen LogP contribution is -1.82. The monoisotopic (exact) mass is 144 g/mol. The molecule has 1 aromatic carbocycles. The molecule has 0 aliphatic heterocycles. The SMILES string of the molecule is [CH2]c1ccc2c(ccn2C)c1. The Balaban J connectivity index is 2.86. The second-order valence-corrected chi connectivity index (χ2v) is 2.82. The summed E-state index contributed by atoms with van der Waals surface area (Å²) in [5.41, 5.74) is 2.33. The van der Waals surface area contributed by atoms with Crippen molar-refractivity contribution < 1.29 is 0 Å². The van der Waals surface area contributed by atoms with Crippen LogP contribution in [0.15, 0.2) is 30.5 Å². The van der Waals surface area contributed by atoms with E-state index < -0.39 is 0 Å². The maximum Gasteiger partial charge on any atom is 0.0477 e. The summed E-state index contributed by atoms with van der Waals surface area (Å²) in [6.45, 7) is 3.87. The summed E-state index contributed by atoms with van der Waals surface area (Å²) in [5.74, 6) is 0. The molecular formula is C10H10N. The molecule has 0 spiro atoms. The van der Waals surface area contributed by atoms with Gasteiger partial charge < -0.3 is 4.57 Å². The summed E-state index contributed by atoms with van der Waals surface area (Å²) >= 11 is 0. The molecule has 11 heavy (non-hydrogen) atoms. The Morgan fingerprint density at radius 1 is 1.27 bits per heavy atom. The fourth-order valence-corrected chi connectivity index (χ4v) is 1.33. The highest BCUT2D eigenvalue weighted by atomic mass is 14.9. The molecule has 55 valence electrons. The molecule has 0 aliphatic carbocycles. The van der Waals surface area contributed by atoms with E-state index in [9.17, 15) is 0 Å². The molecule has 1 aromatic heterocycles. The van der Waals surface area contributed by atoms with Gasteiger partial charge >= 0.3 is 0 Å². The largest absolute Gasteiger partial charge is 0.351 e. The molecule has 0 aliphatic rings. The van der Waals surface area contributed by atoms with Crippen molar-refractivity contribution in [3.63, 3.8) is 0 Å². The van der Waals surface area contributed by atoms with Crippen LogP contribution in [0, 0.1) is 6.92 Å². The number of hydrogen-bond donors (Lipinski definition) is 0. The molecule has 1 nitrogen and oxygen atoms in total. The van der Waals surface area contributed by atoms with E-state index in [1.54, 1.807) is 0 Å². The van der Waals surface area contributed by atoms with Crippen LogP contribution < -0.4 is 0 Å². The highest BCUT2D eigenvalue weighted by Crippen LogP contribution is 2.15. The lowest BCUT2D eigenvalue weighted by atomic mass is 10.2. The lowest BCUT2D eigenvalue weighted by molar-refractivity contribution is 0.969. The van der Waals surface area contributed by atoms with Gasteiger partial charge in [0.25, 0.3) is 0 Å². The predicted molar refractivity (Wildman–Crippen MR) is 47.4 cm³/mol. The van der Waals surface area contributed by atoms with Crippen LogP contribution in [0.25, 0.3) is 10.9 Å². The number of rotatable bonds is 0. The molecule has 0 unspecified atom stereocenters. The van der Waals surface area contributed by atoms with E-state index in [4.69, 9.17) is 0 Å².